The van der Waals surface area contributed by atoms with Crippen LogP contribution < -0.4 is 10.6 Å². The zero-order chi connectivity index (χ0) is 14.9. The molecule has 1 aromatic rings. The highest BCUT2D eigenvalue weighted by molar-refractivity contribution is 5.97. The minimum atomic E-state index is -0.371. The first-order valence-corrected chi connectivity index (χ1v) is 7.07. The van der Waals surface area contributed by atoms with Gasteiger partial charge in [-0.1, -0.05) is 13.8 Å². The summed E-state index contributed by atoms with van der Waals surface area (Å²) >= 11 is 0. The Morgan fingerprint density at radius 1 is 1.30 bits per heavy atom. The highest BCUT2D eigenvalue weighted by Crippen LogP contribution is 2.34. The van der Waals surface area contributed by atoms with Gasteiger partial charge in [-0.2, -0.15) is 0 Å². The molecule has 4 heteroatoms. The van der Waals surface area contributed by atoms with Gasteiger partial charge in [-0.15, -0.1) is 0 Å². The molecule has 4 nitrogen and oxygen atoms in total. The van der Waals surface area contributed by atoms with Crippen LogP contribution in [0.5, 0.6) is 0 Å². The van der Waals surface area contributed by atoms with Crippen molar-refractivity contribution in [1.82, 2.24) is 0 Å². The molecule has 1 aliphatic heterocycles. The third-order valence-corrected chi connectivity index (χ3v) is 4.26. The van der Waals surface area contributed by atoms with E-state index in [1.54, 1.807) is 0 Å². The molecule has 1 fully saturated rings. The number of nitrogens with zero attached hydrogens (tertiary/aromatic N) is 1. The number of rotatable bonds is 2. The fraction of sp³-hybridized carbons (Fsp3) is 0.562. The molecular formula is C16H24N2O2. The Bertz CT molecular complexity index is 513. The summed E-state index contributed by atoms with van der Waals surface area (Å²) < 4.78 is 4.81. The predicted molar refractivity (Wildman–Crippen MR) is 82.2 cm³/mol. The van der Waals surface area contributed by atoms with Crippen molar-refractivity contribution in [2.24, 2.45) is 5.41 Å². The lowest BCUT2D eigenvalue weighted by atomic mass is 9.82. The zero-order valence-corrected chi connectivity index (χ0v) is 12.8. The molecule has 0 radical (unpaired) electrons. The number of nitrogens with two attached hydrogens (primary N) is 1. The van der Waals surface area contributed by atoms with E-state index in [9.17, 15) is 4.79 Å². The van der Waals surface area contributed by atoms with Crippen LogP contribution in [-0.4, -0.2) is 26.2 Å². The van der Waals surface area contributed by atoms with Crippen LogP contribution in [0.3, 0.4) is 0 Å². The number of piperidine rings is 1. The Kier molecular flexibility index (Phi) is 3.93. The molecule has 0 bridgehead atoms. The van der Waals surface area contributed by atoms with Crippen molar-refractivity contribution in [2.75, 3.05) is 30.8 Å². The van der Waals surface area contributed by atoms with E-state index in [1.807, 2.05) is 13.0 Å². The van der Waals surface area contributed by atoms with Gasteiger partial charge in [-0.25, -0.2) is 4.79 Å². The molecule has 110 valence electrons. The van der Waals surface area contributed by atoms with Crippen LogP contribution in [-0.2, 0) is 4.74 Å². The van der Waals surface area contributed by atoms with E-state index >= 15 is 0 Å². The van der Waals surface area contributed by atoms with Crippen molar-refractivity contribution < 1.29 is 9.53 Å². The molecule has 0 amide bonds. The fourth-order valence-corrected chi connectivity index (χ4v) is 2.61. The smallest absolute Gasteiger partial charge is 0.340 e. The average molecular weight is 276 g/mol. The molecule has 1 heterocycles. The van der Waals surface area contributed by atoms with Crippen LogP contribution >= 0.6 is 0 Å². The minimum absolute atomic E-state index is 0.371. The summed E-state index contributed by atoms with van der Waals surface area (Å²) in [4.78, 5) is 14.1. The monoisotopic (exact) mass is 276 g/mol. The van der Waals surface area contributed by atoms with E-state index in [0.717, 1.165) is 37.2 Å². The maximum atomic E-state index is 11.8. The lowest BCUT2D eigenvalue weighted by Crippen LogP contribution is -2.37. The van der Waals surface area contributed by atoms with Gasteiger partial charge in [0.15, 0.2) is 0 Å². The largest absolute Gasteiger partial charge is 0.465 e. The van der Waals surface area contributed by atoms with Gasteiger partial charge in [0.25, 0.3) is 0 Å². The number of aryl methyl sites for hydroxylation is 1. The van der Waals surface area contributed by atoms with E-state index in [1.165, 1.54) is 7.11 Å². The number of esters is 1. The molecule has 0 spiro atoms. The summed E-state index contributed by atoms with van der Waals surface area (Å²) in [5.41, 5.74) is 9.35. The summed E-state index contributed by atoms with van der Waals surface area (Å²) in [7, 11) is 1.38. The molecule has 0 saturated carbocycles. The summed E-state index contributed by atoms with van der Waals surface area (Å²) in [6, 6.07) is 3.91. The van der Waals surface area contributed by atoms with Crippen molar-refractivity contribution in [3.63, 3.8) is 0 Å². The quantitative estimate of drug-likeness (QED) is 0.666. The standard InChI is InChI=1S/C16H24N2O2/c1-11-9-12(10-13(14(11)17)15(19)20-4)18-7-5-16(2,3)6-8-18/h9-10H,5-8,17H2,1-4H3. The second-order valence-corrected chi connectivity index (χ2v) is 6.37. The molecule has 0 aliphatic carbocycles. The lowest BCUT2D eigenvalue weighted by Gasteiger charge is -2.38. The molecule has 2 rings (SSSR count). The van der Waals surface area contributed by atoms with E-state index < -0.39 is 0 Å². The van der Waals surface area contributed by atoms with Crippen molar-refractivity contribution >= 4 is 17.3 Å². The van der Waals surface area contributed by atoms with Gasteiger partial charge in [-0.05, 0) is 42.9 Å². The Labute approximate surface area is 120 Å². The topological polar surface area (TPSA) is 55.6 Å². The van der Waals surface area contributed by atoms with Gasteiger partial charge in [0.2, 0.25) is 0 Å². The van der Waals surface area contributed by atoms with Gasteiger partial charge in [0.05, 0.1) is 12.7 Å². The third kappa shape index (κ3) is 2.89. The van der Waals surface area contributed by atoms with Crippen LogP contribution in [0.15, 0.2) is 12.1 Å². The molecule has 1 saturated heterocycles. The number of benzene rings is 1. The number of hydrogen-bond acceptors (Lipinski definition) is 4. The first kappa shape index (κ1) is 14.7. The third-order valence-electron chi connectivity index (χ3n) is 4.26. The van der Waals surface area contributed by atoms with Gasteiger partial charge in [0.1, 0.15) is 0 Å². The Balaban J connectivity index is 2.29. The van der Waals surface area contributed by atoms with Crippen LogP contribution in [0, 0.1) is 12.3 Å². The number of hydrogen-bond donors (Lipinski definition) is 1. The second-order valence-electron chi connectivity index (χ2n) is 6.37. The lowest BCUT2D eigenvalue weighted by molar-refractivity contribution is 0.0602. The molecule has 0 atom stereocenters. The normalized spacial score (nSPS) is 17.9. The van der Waals surface area contributed by atoms with E-state index in [0.29, 0.717) is 16.7 Å². The molecule has 1 aromatic carbocycles. The van der Waals surface area contributed by atoms with Gasteiger partial charge >= 0.3 is 5.97 Å². The number of anilines is 2. The van der Waals surface area contributed by atoms with Gasteiger partial charge in [-0.3, -0.25) is 0 Å². The number of carbonyl (C=O) groups is 1. The van der Waals surface area contributed by atoms with Crippen LogP contribution in [0.4, 0.5) is 11.4 Å². The van der Waals surface area contributed by atoms with Crippen molar-refractivity contribution in [3.8, 4) is 0 Å². The van der Waals surface area contributed by atoms with Crippen molar-refractivity contribution in [1.29, 1.82) is 0 Å². The Hall–Kier alpha value is -1.71. The zero-order valence-electron chi connectivity index (χ0n) is 12.8. The predicted octanol–water partition coefficient (Wildman–Crippen LogP) is 2.99. The fourth-order valence-electron chi connectivity index (χ4n) is 2.61. The number of ether oxygens (including phenoxy) is 1. The number of nitrogen functional groups attached to an aromatic ring is 1. The Morgan fingerprint density at radius 2 is 1.90 bits per heavy atom. The molecular weight excluding hydrogens is 252 g/mol. The van der Waals surface area contributed by atoms with Crippen molar-refractivity contribution in [3.05, 3.63) is 23.3 Å². The molecule has 0 unspecified atom stereocenters. The second kappa shape index (κ2) is 5.35. The van der Waals surface area contributed by atoms with E-state index in [4.69, 9.17) is 10.5 Å². The highest BCUT2D eigenvalue weighted by Gasteiger charge is 2.26. The number of carbonyl (C=O) groups excluding carboxylic acids is 1. The molecule has 2 N–H and O–H groups in total. The first-order valence-electron chi connectivity index (χ1n) is 7.07. The van der Waals surface area contributed by atoms with E-state index in [2.05, 4.69) is 24.8 Å². The SMILES string of the molecule is COC(=O)c1cc(N2CCC(C)(C)CC2)cc(C)c1N. The summed E-state index contributed by atoms with van der Waals surface area (Å²) in [6.07, 6.45) is 2.31. The van der Waals surface area contributed by atoms with Gasteiger partial charge in [0, 0.05) is 24.5 Å². The average Bonchev–Trinajstić information content (AvgIpc) is 2.41. The highest BCUT2D eigenvalue weighted by atomic mass is 16.5. The summed E-state index contributed by atoms with van der Waals surface area (Å²) in [6.45, 7) is 8.56. The van der Waals surface area contributed by atoms with Crippen LogP contribution in [0.1, 0.15) is 42.6 Å². The minimum Gasteiger partial charge on any atom is -0.465 e. The summed E-state index contributed by atoms with van der Waals surface area (Å²) in [5.74, 6) is -0.371. The van der Waals surface area contributed by atoms with Crippen LogP contribution in [0.25, 0.3) is 0 Å². The van der Waals surface area contributed by atoms with Gasteiger partial charge < -0.3 is 15.4 Å². The number of methoxy groups -OCH3 is 1. The summed E-state index contributed by atoms with van der Waals surface area (Å²) in [5, 5.41) is 0. The maximum absolute atomic E-state index is 11.8. The Morgan fingerprint density at radius 3 is 2.45 bits per heavy atom. The van der Waals surface area contributed by atoms with Crippen molar-refractivity contribution in [2.45, 2.75) is 33.6 Å². The van der Waals surface area contributed by atoms with E-state index in [-0.39, 0.29) is 5.97 Å². The maximum Gasteiger partial charge on any atom is 0.340 e. The molecule has 0 aromatic heterocycles. The molecule has 1 aliphatic rings. The van der Waals surface area contributed by atoms with Crippen LogP contribution in [0.2, 0.25) is 0 Å². The molecule has 20 heavy (non-hydrogen) atoms. The first-order chi connectivity index (χ1) is 9.34.